The Bertz CT molecular complexity index is 775. The third-order valence-electron chi connectivity index (χ3n) is 5.02. The summed E-state index contributed by atoms with van der Waals surface area (Å²) in [7, 11) is 0. The van der Waals surface area contributed by atoms with E-state index >= 15 is 0 Å². The lowest BCUT2D eigenvalue weighted by atomic mass is 9.74. The van der Waals surface area contributed by atoms with E-state index in [0.717, 1.165) is 29.4 Å². The number of rotatable bonds is 2. The number of pyridine rings is 1. The van der Waals surface area contributed by atoms with Crippen molar-refractivity contribution in [1.29, 1.82) is 0 Å². The first-order valence-electron chi connectivity index (χ1n) is 7.79. The molecule has 4 nitrogen and oxygen atoms in total. The highest BCUT2D eigenvalue weighted by Crippen LogP contribution is 2.53. The molecule has 0 aromatic carbocycles. The van der Waals surface area contributed by atoms with Crippen LogP contribution in [-0.4, -0.2) is 21.7 Å². The Morgan fingerprint density at radius 1 is 1.09 bits per heavy atom. The van der Waals surface area contributed by atoms with Crippen molar-refractivity contribution in [3.63, 3.8) is 0 Å². The van der Waals surface area contributed by atoms with Crippen LogP contribution in [0, 0.1) is 37.5 Å². The number of ketones is 2. The average Bonchev–Trinajstić information content (AvgIpc) is 3.09. The number of carbonyl (C=O) groups is 2. The standard InChI is InChI=1S/C18H17NO3S/c1-8-5-9(2)19-12(6-8)23-18-16(21)14-11-4-3-10(7-11)13(14)15(20)17(18)22/h3-6,10-11,13-14,22H,7H2,1-2H3/t10-,11+,13+,14+/m1/s1. The number of hydrogen-bond acceptors (Lipinski definition) is 5. The van der Waals surface area contributed by atoms with Crippen LogP contribution >= 0.6 is 11.8 Å². The number of fused-ring (bicyclic) bond motifs is 5. The first kappa shape index (κ1) is 14.7. The van der Waals surface area contributed by atoms with Crippen LogP contribution in [0.25, 0.3) is 0 Å². The maximum absolute atomic E-state index is 12.9. The van der Waals surface area contributed by atoms with E-state index in [1.807, 2.05) is 32.1 Å². The number of aliphatic hydroxyl groups is 1. The van der Waals surface area contributed by atoms with Crippen LogP contribution in [-0.2, 0) is 9.59 Å². The van der Waals surface area contributed by atoms with Crippen LogP contribution in [0.3, 0.4) is 0 Å². The number of aromatic nitrogens is 1. The summed E-state index contributed by atoms with van der Waals surface area (Å²) < 4.78 is 0. The summed E-state index contributed by atoms with van der Waals surface area (Å²) in [5.41, 5.74) is 1.89. The number of hydrogen-bond donors (Lipinski definition) is 1. The molecular weight excluding hydrogens is 310 g/mol. The molecule has 0 unspecified atom stereocenters. The number of carbonyl (C=O) groups excluding carboxylic acids is 2. The topological polar surface area (TPSA) is 67.3 Å². The summed E-state index contributed by atoms with van der Waals surface area (Å²) >= 11 is 1.11. The number of thioether (sulfide) groups is 1. The molecule has 0 aliphatic heterocycles. The minimum atomic E-state index is -0.372. The highest BCUT2D eigenvalue weighted by molar-refractivity contribution is 8.04. The average molecular weight is 327 g/mol. The zero-order chi connectivity index (χ0) is 16.3. The monoisotopic (exact) mass is 327 g/mol. The van der Waals surface area contributed by atoms with Crippen molar-refractivity contribution in [2.24, 2.45) is 23.7 Å². The number of aryl methyl sites for hydroxylation is 2. The van der Waals surface area contributed by atoms with Crippen LogP contribution in [0.15, 0.2) is 40.0 Å². The van der Waals surface area contributed by atoms with Gasteiger partial charge in [-0.25, -0.2) is 4.98 Å². The Labute approximate surface area is 138 Å². The van der Waals surface area contributed by atoms with Crippen molar-refractivity contribution < 1.29 is 14.7 Å². The number of nitrogens with zero attached hydrogens (tertiary/aromatic N) is 1. The molecule has 3 aliphatic carbocycles. The Kier molecular flexibility index (Phi) is 3.23. The minimum Gasteiger partial charge on any atom is -0.503 e. The lowest BCUT2D eigenvalue weighted by Gasteiger charge is -2.30. The van der Waals surface area contributed by atoms with Crippen LogP contribution < -0.4 is 0 Å². The first-order valence-corrected chi connectivity index (χ1v) is 8.60. The van der Waals surface area contributed by atoms with Crippen LogP contribution in [0.1, 0.15) is 17.7 Å². The predicted octanol–water partition coefficient (Wildman–Crippen LogP) is 3.15. The quantitative estimate of drug-likeness (QED) is 0.845. The van der Waals surface area contributed by atoms with E-state index < -0.39 is 0 Å². The molecule has 1 heterocycles. The van der Waals surface area contributed by atoms with Gasteiger partial charge in [-0.05, 0) is 49.8 Å². The highest BCUT2D eigenvalue weighted by Gasteiger charge is 2.55. The SMILES string of the molecule is Cc1cc(C)nc(SC2=C(O)C(=O)[C@@H]3[C@@H](C2=O)[C@H]2C=C[C@@H]3C2)c1. The van der Waals surface area contributed by atoms with Crippen molar-refractivity contribution in [2.45, 2.75) is 25.3 Å². The van der Waals surface area contributed by atoms with E-state index in [1.54, 1.807) is 0 Å². The van der Waals surface area contributed by atoms with Gasteiger partial charge < -0.3 is 5.11 Å². The van der Waals surface area contributed by atoms with E-state index in [2.05, 4.69) is 11.1 Å². The molecule has 2 bridgehead atoms. The molecule has 118 valence electrons. The van der Waals surface area contributed by atoms with Gasteiger partial charge >= 0.3 is 0 Å². The molecule has 4 rings (SSSR count). The predicted molar refractivity (Wildman–Crippen MR) is 87.0 cm³/mol. The molecule has 1 saturated carbocycles. The summed E-state index contributed by atoms with van der Waals surface area (Å²) in [4.78, 5) is 30.0. The van der Waals surface area contributed by atoms with E-state index in [1.165, 1.54) is 0 Å². The third kappa shape index (κ3) is 2.17. The van der Waals surface area contributed by atoms with Gasteiger partial charge in [0.05, 0.1) is 0 Å². The van der Waals surface area contributed by atoms with Gasteiger partial charge in [0.1, 0.15) is 9.93 Å². The largest absolute Gasteiger partial charge is 0.503 e. The van der Waals surface area contributed by atoms with E-state index in [9.17, 15) is 14.7 Å². The molecule has 4 atom stereocenters. The maximum atomic E-state index is 12.9. The molecule has 0 spiro atoms. The van der Waals surface area contributed by atoms with Crippen molar-refractivity contribution in [3.8, 4) is 0 Å². The molecule has 1 N–H and O–H groups in total. The van der Waals surface area contributed by atoms with Crippen molar-refractivity contribution >= 4 is 23.3 Å². The van der Waals surface area contributed by atoms with Crippen molar-refractivity contribution in [3.05, 3.63) is 46.2 Å². The molecular formula is C18H17NO3S. The smallest absolute Gasteiger partial charge is 0.202 e. The Morgan fingerprint density at radius 3 is 2.39 bits per heavy atom. The zero-order valence-electron chi connectivity index (χ0n) is 12.9. The maximum Gasteiger partial charge on any atom is 0.202 e. The van der Waals surface area contributed by atoms with Gasteiger partial charge in [0, 0.05) is 17.5 Å². The molecule has 5 heteroatoms. The summed E-state index contributed by atoms with van der Waals surface area (Å²) in [5, 5.41) is 11.0. The molecule has 23 heavy (non-hydrogen) atoms. The van der Waals surface area contributed by atoms with E-state index in [-0.39, 0.29) is 45.9 Å². The summed E-state index contributed by atoms with van der Waals surface area (Å²) in [6.45, 7) is 3.84. The summed E-state index contributed by atoms with van der Waals surface area (Å²) in [6.07, 6.45) is 4.92. The molecule has 0 amide bonds. The van der Waals surface area contributed by atoms with Crippen molar-refractivity contribution in [2.75, 3.05) is 0 Å². The molecule has 1 aromatic rings. The van der Waals surface area contributed by atoms with Gasteiger partial charge in [0.15, 0.2) is 11.5 Å². The highest BCUT2D eigenvalue weighted by atomic mass is 32.2. The van der Waals surface area contributed by atoms with Gasteiger partial charge in [-0.2, -0.15) is 0 Å². The summed E-state index contributed by atoms with van der Waals surface area (Å²) in [6, 6.07) is 3.81. The second-order valence-corrected chi connectivity index (χ2v) is 7.66. The van der Waals surface area contributed by atoms with E-state index in [0.29, 0.717) is 5.03 Å². The zero-order valence-corrected chi connectivity index (χ0v) is 13.8. The molecule has 0 saturated heterocycles. The lowest BCUT2D eigenvalue weighted by Crippen LogP contribution is -2.39. The molecule has 1 aromatic heterocycles. The van der Waals surface area contributed by atoms with Crippen LogP contribution in [0.2, 0.25) is 0 Å². The fourth-order valence-corrected chi connectivity index (χ4v) is 5.21. The number of allylic oxidation sites excluding steroid dienone is 4. The van der Waals surface area contributed by atoms with Crippen LogP contribution in [0.4, 0.5) is 0 Å². The number of Topliss-reactive ketones (excluding diaryl/α,β-unsaturated/α-hetero) is 2. The van der Waals surface area contributed by atoms with Gasteiger partial charge in [-0.3, -0.25) is 9.59 Å². The van der Waals surface area contributed by atoms with Gasteiger partial charge in [0.25, 0.3) is 0 Å². The Hall–Kier alpha value is -1.88. The number of aliphatic hydroxyl groups excluding tert-OH is 1. The van der Waals surface area contributed by atoms with Gasteiger partial charge in [-0.15, -0.1) is 0 Å². The first-order chi connectivity index (χ1) is 11.0. The minimum absolute atomic E-state index is 0.102. The van der Waals surface area contributed by atoms with E-state index in [4.69, 9.17) is 0 Å². The molecule has 3 aliphatic rings. The Balaban J connectivity index is 1.72. The Morgan fingerprint density at radius 2 is 1.74 bits per heavy atom. The molecule has 0 radical (unpaired) electrons. The van der Waals surface area contributed by atoms with Crippen LogP contribution in [0.5, 0.6) is 0 Å². The second kappa shape index (κ2) is 5.06. The van der Waals surface area contributed by atoms with Crippen molar-refractivity contribution in [1.82, 2.24) is 4.98 Å². The fourth-order valence-electron chi connectivity index (χ4n) is 4.13. The normalized spacial score (nSPS) is 31.9. The van der Waals surface area contributed by atoms with Gasteiger partial charge in [0.2, 0.25) is 5.78 Å². The second-order valence-electron chi connectivity index (χ2n) is 6.63. The fraction of sp³-hybridized carbons (Fsp3) is 0.389. The van der Waals surface area contributed by atoms with Gasteiger partial charge in [-0.1, -0.05) is 23.9 Å². The summed E-state index contributed by atoms with van der Waals surface area (Å²) in [5.74, 6) is -1.18. The molecule has 1 fully saturated rings. The third-order valence-corrected chi connectivity index (χ3v) is 6.03. The lowest BCUT2D eigenvalue weighted by molar-refractivity contribution is -0.132.